The molecule has 0 heterocycles. The van der Waals surface area contributed by atoms with Crippen molar-refractivity contribution in [2.24, 2.45) is 0 Å². The van der Waals surface area contributed by atoms with Crippen molar-refractivity contribution in [2.45, 2.75) is 13.8 Å². The molecule has 6 aromatic rings. The molecule has 0 unspecified atom stereocenters. The fourth-order valence-electron chi connectivity index (χ4n) is 4.22. The third kappa shape index (κ3) is 10.3. The molecular weight excluding hydrogens is 629 g/mol. The van der Waals surface area contributed by atoms with E-state index < -0.39 is 5.91 Å². The second-order valence-corrected chi connectivity index (χ2v) is 10.3. The Morgan fingerprint density at radius 2 is 0.975 bits per heavy atom. The van der Waals surface area contributed by atoms with Gasteiger partial charge in [-0.1, -0.05) is 137 Å². The molecule has 198 valence electrons. The number of aryl methyl sites for hydroxylation is 2. The molecular formula is C34H29Cl2NOSiZr. The Labute approximate surface area is 271 Å². The first-order chi connectivity index (χ1) is 18.0. The van der Waals surface area contributed by atoms with Crippen LogP contribution in [0, 0.1) is 13.8 Å². The molecule has 0 bridgehead atoms. The fourth-order valence-corrected chi connectivity index (χ4v) is 5.27. The van der Waals surface area contributed by atoms with Gasteiger partial charge < -0.3 is 35.3 Å². The largest absolute Gasteiger partial charge is 4.00 e. The van der Waals surface area contributed by atoms with Gasteiger partial charge in [0, 0.05) is 0 Å². The third-order valence-corrected chi connectivity index (χ3v) is 7.09. The predicted molar refractivity (Wildman–Crippen MR) is 160 cm³/mol. The van der Waals surface area contributed by atoms with Gasteiger partial charge in [-0.15, -0.1) is 39.7 Å². The van der Waals surface area contributed by atoms with Crippen LogP contribution in [0.4, 0.5) is 0 Å². The molecule has 0 aliphatic heterocycles. The van der Waals surface area contributed by atoms with Crippen LogP contribution in [-0.2, 0) is 26.2 Å². The summed E-state index contributed by atoms with van der Waals surface area (Å²) in [5, 5.41) is 8.19. The Hall–Kier alpha value is -2.88. The molecule has 2 radical (unpaired) electrons. The Balaban J connectivity index is 0.000000291. The van der Waals surface area contributed by atoms with E-state index in [4.69, 9.17) is 5.73 Å². The summed E-state index contributed by atoms with van der Waals surface area (Å²) in [7, 11) is 0.777. The quantitative estimate of drug-likeness (QED) is 0.211. The maximum absolute atomic E-state index is 10.6. The minimum atomic E-state index is -0.614. The first-order valence-electron chi connectivity index (χ1n) is 12.2. The number of hydrogen-bond acceptors (Lipinski definition) is 1. The van der Waals surface area contributed by atoms with Crippen LogP contribution in [0.15, 0.2) is 133 Å². The van der Waals surface area contributed by atoms with Gasteiger partial charge in [-0.3, -0.25) is 0 Å². The molecule has 0 saturated heterocycles. The van der Waals surface area contributed by atoms with Crippen molar-refractivity contribution < 1.29 is 55.8 Å². The van der Waals surface area contributed by atoms with E-state index in [0.717, 1.165) is 20.6 Å². The van der Waals surface area contributed by atoms with E-state index in [0.29, 0.717) is 5.56 Å². The summed E-state index contributed by atoms with van der Waals surface area (Å²) in [5.41, 5.74) is 9.40. The van der Waals surface area contributed by atoms with Gasteiger partial charge in [-0.25, -0.2) is 0 Å². The maximum atomic E-state index is 10.6. The first kappa shape index (κ1) is 35.1. The van der Waals surface area contributed by atoms with E-state index in [-0.39, 0.29) is 51.0 Å². The monoisotopic (exact) mass is 655 g/mol. The zero-order valence-electron chi connectivity index (χ0n) is 22.4. The van der Waals surface area contributed by atoms with Crippen LogP contribution in [0.3, 0.4) is 0 Å². The van der Waals surface area contributed by atoms with Gasteiger partial charge in [-0.05, 0) is 19.4 Å². The zero-order chi connectivity index (χ0) is 26.0. The minimum absolute atomic E-state index is 0. The molecule has 6 heteroatoms. The number of nitrogens with one attached hydrogen (secondary N) is 1. The second-order valence-electron chi connectivity index (χ2n) is 8.88. The molecule has 0 spiro atoms. The Bertz CT molecular complexity index is 1500. The summed E-state index contributed by atoms with van der Waals surface area (Å²) in [4.78, 5) is 10.6. The van der Waals surface area contributed by atoms with E-state index in [1.807, 2.05) is 19.9 Å². The fraction of sp³-hybridized carbons (Fsp3) is 0.0588. The molecule has 6 aromatic carbocycles. The first-order valence-corrected chi connectivity index (χ1v) is 13.2. The Morgan fingerprint density at radius 1 is 0.600 bits per heavy atom. The molecule has 1 N–H and O–H groups in total. The number of halogens is 2. The average molecular weight is 658 g/mol. The zero-order valence-corrected chi connectivity index (χ0v) is 27.3. The third-order valence-electron chi connectivity index (χ3n) is 5.84. The Morgan fingerprint density at radius 3 is 1.38 bits per heavy atom. The van der Waals surface area contributed by atoms with Crippen molar-refractivity contribution in [1.82, 2.24) is 0 Å². The summed E-state index contributed by atoms with van der Waals surface area (Å²) in [6.07, 6.45) is 0. The van der Waals surface area contributed by atoms with Crippen LogP contribution >= 0.6 is 0 Å². The molecule has 0 aliphatic rings. The van der Waals surface area contributed by atoms with E-state index in [1.54, 1.807) is 12.1 Å². The summed E-state index contributed by atoms with van der Waals surface area (Å²) in [6, 6.07) is 45.9. The number of fused-ring (bicyclic) bond motifs is 3. The predicted octanol–water partition coefficient (Wildman–Crippen LogP) is 1.55. The SMILES string of the molecule is Cc1cc(C)cc(C([NH-])=O)c1.[Cl-].[Cl-].[Zr+4].c1ccc([Si]c2ccccc2)cc1.c1ccc2c(c1)[cH-]c1ccccc12. The van der Waals surface area contributed by atoms with Crippen LogP contribution in [0.25, 0.3) is 27.3 Å². The van der Waals surface area contributed by atoms with E-state index in [9.17, 15) is 4.79 Å². The maximum Gasteiger partial charge on any atom is 4.00 e. The van der Waals surface area contributed by atoms with Crippen molar-refractivity contribution in [2.75, 3.05) is 0 Å². The summed E-state index contributed by atoms with van der Waals surface area (Å²) >= 11 is 0. The Kier molecular flexibility index (Phi) is 15.6. The second kappa shape index (κ2) is 17.7. The minimum Gasteiger partial charge on any atom is -1.00 e. The van der Waals surface area contributed by atoms with Gasteiger partial charge >= 0.3 is 26.2 Å². The molecule has 0 fully saturated rings. The standard InChI is InChI=1S/C13H9.C12H10Si.C9H11NO.2ClH.Zr/c1-3-7-12-10(5-1)9-11-6-2-4-8-13(11)12;1-3-7-11(8-4-1)13-12-9-5-2-6-10-12;1-6-3-7(2)5-8(4-6)9(10)11;;;/h1-9H;1-10H;3-5H,1-2H3,(H2,10,11);2*1H;/q-1;;;;;+4/p-3. The molecule has 0 atom stereocenters. The topological polar surface area (TPSA) is 40.9 Å². The molecule has 0 aromatic heterocycles. The smallest absolute Gasteiger partial charge is 1.00 e. The van der Waals surface area contributed by atoms with Gasteiger partial charge in [0.25, 0.3) is 0 Å². The summed E-state index contributed by atoms with van der Waals surface area (Å²) < 4.78 is 0. The number of benzene rings is 5. The normalized spacial score (nSPS) is 9.45. The molecule has 6 rings (SSSR count). The van der Waals surface area contributed by atoms with E-state index >= 15 is 0 Å². The van der Waals surface area contributed by atoms with Crippen LogP contribution in [0.2, 0.25) is 0 Å². The van der Waals surface area contributed by atoms with Gasteiger partial charge in [0.1, 0.15) is 9.52 Å². The molecule has 40 heavy (non-hydrogen) atoms. The van der Waals surface area contributed by atoms with Crippen molar-refractivity contribution in [3.8, 4) is 0 Å². The summed E-state index contributed by atoms with van der Waals surface area (Å²) in [5.74, 6) is -0.614. The van der Waals surface area contributed by atoms with Crippen LogP contribution in [0.5, 0.6) is 0 Å². The number of amides is 1. The number of carbonyl (C=O) groups is 1. The van der Waals surface area contributed by atoms with Crippen LogP contribution < -0.4 is 35.2 Å². The van der Waals surface area contributed by atoms with Crippen molar-refractivity contribution in [3.05, 3.63) is 156 Å². The summed E-state index contributed by atoms with van der Waals surface area (Å²) in [6.45, 7) is 3.83. The number of rotatable bonds is 3. The van der Waals surface area contributed by atoms with Crippen LogP contribution in [-0.4, -0.2) is 15.4 Å². The van der Waals surface area contributed by atoms with Gasteiger partial charge in [0.05, 0.1) is 5.91 Å². The number of carbonyl (C=O) groups excluding carboxylic acids is 1. The van der Waals surface area contributed by atoms with E-state index in [2.05, 4.69) is 115 Å². The van der Waals surface area contributed by atoms with Crippen LogP contribution in [0.1, 0.15) is 21.5 Å². The molecule has 2 nitrogen and oxygen atoms in total. The van der Waals surface area contributed by atoms with Gasteiger partial charge in [0.15, 0.2) is 0 Å². The van der Waals surface area contributed by atoms with Gasteiger partial charge in [0.2, 0.25) is 0 Å². The molecule has 1 amide bonds. The average Bonchev–Trinajstić information content (AvgIpc) is 3.29. The van der Waals surface area contributed by atoms with Crippen molar-refractivity contribution in [1.29, 1.82) is 0 Å². The van der Waals surface area contributed by atoms with Gasteiger partial charge in [-0.2, -0.15) is 0 Å². The molecule has 0 saturated carbocycles. The van der Waals surface area contributed by atoms with E-state index in [1.165, 1.54) is 31.9 Å². The number of hydrogen-bond donors (Lipinski definition) is 0. The van der Waals surface area contributed by atoms with Crippen molar-refractivity contribution in [3.63, 3.8) is 0 Å². The molecule has 0 aliphatic carbocycles. The van der Waals surface area contributed by atoms with Crippen molar-refractivity contribution >= 4 is 47.3 Å².